The SMILES string of the molecule is Cc1ccc(SCCNCC2CCCO2)cc1. The number of nitrogens with one attached hydrogen (secondary N) is 1. The van der Waals surface area contributed by atoms with E-state index in [0.29, 0.717) is 6.10 Å². The predicted octanol–water partition coefficient (Wildman–Crippen LogP) is 2.86. The average Bonchev–Trinajstić information content (AvgIpc) is 2.84. The van der Waals surface area contributed by atoms with Gasteiger partial charge in [0.2, 0.25) is 0 Å². The van der Waals surface area contributed by atoms with Gasteiger partial charge in [0.25, 0.3) is 0 Å². The largest absolute Gasteiger partial charge is 0.377 e. The molecule has 0 radical (unpaired) electrons. The van der Waals surface area contributed by atoms with E-state index < -0.39 is 0 Å². The molecule has 1 aromatic carbocycles. The van der Waals surface area contributed by atoms with E-state index in [1.54, 1.807) is 0 Å². The number of ether oxygens (including phenoxy) is 1. The first-order valence-electron chi connectivity index (χ1n) is 6.36. The molecule has 1 saturated heterocycles. The van der Waals surface area contributed by atoms with E-state index in [2.05, 4.69) is 36.5 Å². The van der Waals surface area contributed by atoms with Gasteiger partial charge >= 0.3 is 0 Å². The maximum atomic E-state index is 5.56. The molecule has 1 fully saturated rings. The molecule has 0 saturated carbocycles. The van der Waals surface area contributed by atoms with Crippen molar-refractivity contribution in [3.05, 3.63) is 29.8 Å². The molecule has 17 heavy (non-hydrogen) atoms. The van der Waals surface area contributed by atoms with Crippen molar-refractivity contribution in [3.8, 4) is 0 Å². The molecule has 1 aliphatic heterocycles. The fourth-order valence-corrected chi connectivity index (χ4v) is 2.75. The first kappa shape index (κ1) is 12.9. The van der Waals surface area contributed by atoms with Crippen LogP contribution in [0.3, 0.4) is 0 Å². The summed E-state index contributed by atoms with van der Waals surface area (Å²) in [5.41, 5.74) is 1.32. The van der Waals surface area contributed by atoms with Crippen LogP contribution in [-0.2, 0) is 4.74 Å². The summed E-state index contributed by atoms with van der Waals surface area (Å²) in [5.74, 6) is 1.12. The van der Waals surface area contributed by atoms with E-state index >= 15 is 0 Å². The fourth-order valence-electron chi connectivity index (χ4n) is 1.94. The van der Waals surface area contributed by atoms with E-state index in [4.69, 9.17) is 4.74 Å². The zero-order chi connectivity index (χ0) is 11.9. The summed E-state index contributed by atoms with van der Waals surface area (Å²) in [6.45, 7) is 5.13. The molecule has 1 unspecified atom stereocenters. The van der Waals surface area contributed by atoms with E-state index in [9.17, 15) is 0 Å². The lowest BCUT2D eigenvalue weighted by Gasteiger charge is -2.10. The second-order valence-corrected chi connectivity index (χ2v) is 5.67. The topological polar surface area (TPSA) is 21.3 Å². The predicted molar refractivity (Wildman–Crippen MR) is 73.7 cm³/mol. The molecule has 94 valence electrons. The Morgan fingerprint density at radius 2 is 2.18 bits per heavy atom. The number of rotatable bonds is 6. The molecule has 1 N–H and O–H groups in total. The van der Waals surface area contributed by atoms with Gasteiger partial charge in [-0.3, -0.25) is 0 Å². The van der Waals surface area contributed by atoms with Gasteiger partial charge in [-0.1, -0.05) is 17.7 Å². The smallest absolute Gasteiger partial charge is 0.0700 e. The number of hydrogen-bond donors (Lipinski definition) is 1. The summed E-state index contributed by atoms with van der Waals surface area (Å²) in [4.78, 5) is 1.36. The quantitative estimate of drug-likeness (QED) is 0.620. The molecule has 3 heteroatoms. The molecular formula is C14H21NOS. The first-order valence-corrected chi connectivity index (χ1v) is 7.35. The van der Waals surface area contributed by atoms with Crippen molar-refractivity contribution in [2.24, 2.45) is 0 Å². The van der Waals surface area contributed by atoms with E-state index in [1.807, 2.05) is 11.8 Å². The molecule has 1 aliphatic rings. The maximum absolute atomic E-state index is 5.56. The van der Waals surface area contributed by atoms with Gasteiger partial charge in [-0.2, -0.15) is 0 Å². The molecule has 1 atom stereocenters. The summed E-state index contributed by atoms with van der Waals surface area (Å²) >= 11 is 1.91. The summed E-state index contributed by atoms with van der Waals surface area (Å²) in [5, 5.41) is 3.46. The van der Waals surface area contributed by atoms with Crippen molar-refractivity contribution in [2.45, 2.75) is 30.8 Å². The van der Waals surface area contributed by atoms with Gasteiger partial charge < -0.3 is 10.1 Å². The van der Waals surface area contributed by atoms with Crippen LogP contribution < -0.4 is 5.32 Å². The number of benzene rings is 1. The Balaban J connectivity index is 1.55. The summed E-state index contributed by atoms with van der Waals surface area (Å²) in [6.07, 6.45) is 2.90. The molecule has 0 aromatic heterocycles. The molecular weight excluding hydrogens is 230 g/mol. The average molecular weight is 251 g/mol. The third-order valence-corrected chi connectivity index (χ3v) is 3.98. The highest BCUT2D eigenvalue weighted by atomic mass is 32.2. The maximum Gasteiger partial charge on any atom is 0.0700 e. The standard InChI is InChI=1S/C14H21NOS/c1-12-4-6-14(7-5-12)17-10-8-15-11-13-3-2-9-16-13/h4-7,13,15H,2-3,8-11H2,1H3. The van der Waals surface area contributed by atoms with Crippen LogP contribution in [-0.4, -0.2) is 31.6 Å². The minimum atomic E-state index is 0.458. The lowest BCUT2D eigenvalue weighted by Crippen LogP contribution is -2.27. The Kier molecular flexibility index (Phi) is 5.36. The van der Waals surface area contributed by atoms with E-state index in [0.717, 1.165) is 25.4 Å². The fraction of sp³-hybridized carbons (Fsp3) is 0.571. The molecule has 2 rings (SSSR count). The summed E-state index contributed by atoms with van der Waals surface area (Å²) in [6, 6.07) is 8.73. The Bertz CT molecular complexity index is 319. The molecule has 2 nitrogen and oxygen atoms in total. The van der Waals surface area contributed by atoms with Gasteiger partial charge in [-0.15, -0.1) is 11.8 Å². The third-order valence-electron chi connectivity index (χ3n) is 2.96. The second kappa shape index (κ2) is 7.04. The molecule has 0 amide bonds. The van der Waals surface area contributed by atoms with Gasteiger partial charge in [-0.05, 0) is 31.9 Å². The lowest BCUT2D eigenvalue weighted by molar-refractivity contribution is 0.110. The van der Waals surface area contributed by atoms with Gasteiger partial charge in [0.15, 0.2) is 0 Å². The van der Waals surface area contributed by atoms with Crippen LogP contribution in [0.25, 0.3) is 0 Å². The van der Waals surface area contributed by atoms with E-state index in [1.165, 1.54) is 23.3 Å². The third kappa shape index (κ3) is 4.70. The molecule has 0 spiro atoms. The molecule has 0 aliphatic carbocycles. The highest BCUT2D eigenvalue weighted by Gasteiger charge is 2.13. The Hall–Kier alpha value is -0.510. The zero-order valence-corrected chi connectivity index (χ0v) is 11.3. The van der Waals surface area contributed by atoms with Crippen molar-refractivity contribution in [3.63, 3.8) is 0 Å². The molecule has 1 aromatic rings. The van der Waals surface area contributed by atoms with Crippen molar-refractivity contribution in [1.29, 1.82) is 0 Å². The van der Waals surface area contributed by atoms with E-state index in [-0.39, 0.29) is 0 Å². The second-order valence-electron chi connectivity index (χ2n) is 4.50. The van der Waals surface area contributed by atoms with Gasteiger partial charge in [-0.25, -0.2) is 0 Å². The van der Waals surface area contributed by atoms with Crippen LogP contribution in [0.4, 0.5) is 0 Å². The van der Waals surface area contributed by atoms with Crippen molar-refractivity contribution >= 4 is 11.8 Å². The first-order chi connectivity index (χ1) is 8.34. The minimum Gasteiger partial charge on any atom is -0.377 e. The van der Waals surface area contributed by atoms with Crippen LogP contribution in [0.15, 0.2) is 29.2 Å². The van der Waals surface area contributed by atoms with Crippen LogP contribution in [0.2, 0.25) is 0 Å². The number of thioether (sulfide) groups is 1. The Morgan fingerprint density at radius 3 is 2.88 bits per heavy atom. The molecule has 1 heterocycles. The highest BCUT2D eigenvalue weighted by Crippen LogP contribution is 2.17. The van der Waals surface area contributed by atoms with Crippen molar-refractivity contribution in [2.75, 3.05) is 25.4 Å². The van der Waals surface area contributed by atoms with Crippen LogP contribution >= 0.6 is 11.8 Å². The van der Waals surface area contributed by atoms with Crippen LogP contribution in [0.5, 0.6) is 0 Å². The summed E-state index contributed by atoms with van der Waals surface area (Å²) < 4.78 is 5.56. The molecule has 0 bridgehead atoms. The Labute approximate surface area is 108 Å². The van der Waals surface area contributed by atoms with Gasteiger partial charge in [0, 0.05) is 30.3 Å². The normalized spacial score (nSPS) is 19.7. The van der Waals surface area contributed by atoms with Gasteiger partial charge in [0.1, 0.15) is 0 Å². The van der Waals surface area contributed by atoms with Crippen LogP contribution in [0.1, 0.15) is 18.4 Å². The highest BCUT2D eigenvalue weighted by molar-refractivity contribution is 7.99. The monoisotopic (exact) mass is 251 g/mol. The van der Waals surface area contributed by atoms with Crippen molar-refractivity contribution in [1.82, 2.24) is 5.32 Å². The van der Waals surface area contributed by atoms with Crippen LogP contribution in [0, 0.1) is 6.92 Å². The summed E-state index contributed by atoms with van der Waals surface area (Å²) in [7, 11) is 0. The number of hydrogen-bond acceptors (Lipinski definition) is 3. The zero-order valence-electron chi connectivity index (χ0n) is 10.4. The Morgan fingerprint density at radius 1 is 1.35 bits per heavy atom. The number of aryl methyl sites for hydroxylation is 1. The lowest BCUT2D eigenvalue weighted by atomic mass is 10.2. The van der Waals surface area contributed by atoms with Crippen molar-refractivity contribution < 1.29 is 4.74 Å². The minimum absolute atomic E-state index is 0.458. The van der Waals surface area contributed by atoms with Gasteiger partial charge in [0.05, 0.1) is 6.10 Å².